The van der Waals surface area contributed by atoms with E-state index in [1.54, 1.807) is 13.3 Å². The molecule has 1 aliphatic rings. The van der Waals surface area contributed by atoms with Crippen molar-refractivity contribution in [1.82, 2.24) is 15.1 Å². The normalized spacial score (nSPS) is 12.9. The summed E-state index contributed by atoms with van der Waals surface area (Å²) >= 11 is 0. The van der Waals surface area contributed by atoms with Gasteiger partial charge in [0.1, 0.15) is 5.75 Å². The molecule has 0 saturated carbocycles. The molecule has 0 radical (unpaired) electrons. The number of pyridine rings is 1. The molecule has 1 aliphatic heterocycles. The lowest BCUT2D eigenvalue weighted by atomic mass is 10.0. The second-order valence-corrected chi connectivity index (χ2v) is 5.58. The van der Waals surface area contributed by atoms with Gasteiger partial charge in [0.2, 0.25) is 0 Å². The second-order valence-electron chi connectivity index (χ2n) is 5.58. The lowest BCUT2D eigenvalue weighted by Crippen LogP contribution is -1.96. The lowest BCUT2D eigenvalue weighted by molar-refractivity contribution is 0.199. The maximum absolute atomic E-state index is 5.75. The largest absolute Gasteiger partial charge is 0.492 e. The van der Waals surface area contributed by atoms with Gasteiger partial charge in [0, 0.05) is 31.7 Å². The van der Waals surface area contributed by atoms with Crippen molar-refractivity contribution in [2.75, 3.05) is 20.3 Å². The van der Waals surface area contributed by atoms with Gasteiger partial charge in [0.05, 0.1) is 24.5 Å². The van der Waals surface area contributed by atoms with Crippen LogP contribution in [0.15, 0.2) is 41.1 Å². The van der Waals surface area contributed by atoms with Crippen molar-refractivity contribution >= 4 is 0 Å². The van der Waals surface area contributed by atoms with Crippen LogP contribution in [0.2, 0.25) is 0 Å². The van der Waals surface area contributed by atoms with Gasteiger partial charge in [-0.05, 0) is 23.8 Å². The average molecular weight is 323 g/mol. The van der Waals surface area contributed by atoms with Gasteiger partial charge in [0.15, 0.2) is 5.82 Å². The van der Waals surface area contributed by atoms with Crippen LogP contribution in [0.3, 0.4) is 0 Å². The van der Waals surface area contributed by atoms with Gasteiger partial charge in [-0.1, -0.05) is 17.3 Å². The molecule has 0 saturated heterocycles. The molecule has 4 rings (SSSR count). The van der Waals surface area contributed by atoms with Crippen LogP contribution in [0.1, 0.15) is 11.4 Å². The zero-order chi connectivity index (χ0) is 16.4. The van der Waals surface area contributed by atoms with Crippen LogP contribution in [0, 0.1) is 0 Å². The number of hydrogen-bond acceptors (Lipinski definition) is 6. The summed E-state index contributed by atoms with van der Waals surface area (Å²) in [7, 11) is 1.65. The molecule has 0 unspecified atom stereocenters. The van der Waals surface area contributed by atoms with Gasteiger partial charge >= 0.3 is 0 Å². The number of para-hydroxylation sites is 1. The fourth-order valence-electron chi connectivity index (χ4n) is 2.76. The minimum absolute atomic E-state index is 0.467. The first kappa shape index (κ1) is 14.8. The minimum atomic E-state index is 0.467. The van der Waals surface area contributed by atoms with Crippen LogP contribution >= 0.6 is 0 Å². The number of fused-ring (bicyclic) bond motifs is 1. The molecule has 3 aromatic rings. The Bertz CT molecular complexity index is 843. The molecule has 1 aromatic carbocycles. The molecule has 122 valence electrons. The number of hydrogen-bond donors (Lipinski definition) is 0. The van der Waals surface area contributed by atoms with Crippen LogP contribution in [0.25, 0.3) is 22.7 Å². The van der Waals surface area contributed by atoms with E-state index >= 15 is 0 Å². The topological polar surface area (TPSA) is 70.3 Å². The Kier molecular flexibility index (Phi) is 3.96. The first-order chi connectivity index (χ1) is 11.8. The Balaban J connectivity index is 1.59. The van der Waals surface area contributed by atoms with Crippen molar-refractivity contribution in [3.63, 3.8) is 0 Å². The molecule has 6 heteroatoms. The fourth-order valence-corrected chi connectivity index (χ4v) is 2.76. The molecule has 0 amide bonds. The average Bonchev–Trinajstić information content (AvgIpc) is 3.29. The summed E-state index contributed by atoms with van der Waals surface area (Å²) in [6.45, 7) is 1.30. The number of ether oxygens (including phenoxy) is 2. The zero-order valence-electron chi connectivity index (χ0n) is 13.4. The van der Waals surface area contributed by atoms with E-state index in [1.165, 1.54) is 5.56 Å². The van der Waals surface area contributed by atoms with Crippen molar-refractivity contribution in [3.8, 4) is 28.5 Å². The van der Waals surface area contributed by atoms with Gasteiger partial charge in [-0.3, -0.25) is 4.98 Å². The third-order valence-corrected chi connectivity index (χ3v) is 4.00. The van der Waals surface area contributed by atoms with E-state index in [0.717, 1.165) is 35.6 Å². The van der Waals surface area contributed by atoms with E-state index in [-0.39, 0.29) is 0 Å². The lowest BCUT2D eigenvalue weighted by Gasteiger charge is -2.07. The maximum atomic E-state index is 5.75. The van der Waals surface area contributed by atoms with Gasteiger partial charge in [0.25, 0.3) is 5.89 Å². The molecule has 6 nitrogen and oxygen atoms in total. The standard InChI is InChI=1S/C18H17N3O3/c1-22-9-8-16-20-18(24-21-16)13-5-6-15(19-11-13)14-4-2-3-12-7-10-23-17(12)14/h2-6,11H,7-10H2,1H3. The highest BCUT2D eigenvalue weighted by Gasteiger charge is 2.18. The Labute approximate surface area is 139 Å². The van der Waals surface area contributed by atoms with Crippen molar-refractivity contribution in [2.24, 2.45) is 0 Å². The highest BCUT2D eigenvalue weighted by molar-refractivity contribution is 5.71. The van der Waals surface area contributed by atoms with E-state index < -0.39 is 0 Å². The summed E-state index contributed by atoms with van der Waals surface area (Å²) < 4.78 is 16.0. The molecule has 0 spiro atoms. The number of aromatic nitrogens is 3. The highest BCUT2D eigenvalue weighted by atomic mass is 16.5. The molecule has 3 heterocycles. The second kappa shape index (κ2) is 6.41. The molecule has 0 aliphatic carbocycles. The van der Waals surface area contributed by atoms with E-state index in [2.05, 4.69) is 21.2 Å². The molecule has 0 bridgehead atoms. The number of rotatable bonds is 5. The Hall–Kier alpha value is -2.73. The summed E-state index contributed by atoms with van der Waals surface area (Å²) in [5.74, 6) is 2.04. The van der Waals surface area contributed by atoms with Crippen LogP contribution in [-0.2, 0) is 17.6 Å². The molecule has 2 aromatic heterocycles. The molecular weight excluding hydrogens is 306 g/mol. The Morgan fingerprint density at radius 1 is 1.21 bits per heavy atom. The van der Waals surface area contributed by atoms with Gasteiger partial charge in [-0.2, -0.15) is 4.98 Å². The molecule has 0 fully saturated rings. The third kappa shape index (κ3) is 2.76. The highest BCUT2D eigenvalue weighted by Crippen LogP contribution is 2.36. The predicted molar refractivity (Wildman–Crippen MR) is 87.7 cm³/mol. The van der Waals surface area contributed by atoms with Gasteiger partial charge in [-0.25, -0.2) is 0 Å². The summed E-state index contributed by atoms with van der Waals surface area (Å²) in [5.41, 5.74) is 3.92. The van der Waals surface area contributed by atoms with Crippen molar-refractivity contribution < 1.29 is 14.0 Å². The van der Waals surface area contributed by atoms with Crippen LogP contribution < -0.4 is 4.74 Å². The maximum Gasteiger partial charge on any atom is 0.259 e. The van der Waals surface area contributed by atoms with Gasteiger partial charge < -0.3 is 14.0 Å². The van der Waals surface area contributed by atoms with Crippen molar-refractivity contribution in [3.05, 3.63) is 47.9 Å². The van der Waals surface area contributed by atoms with E-state index in [1.807, 2.05) is 24.3 Å². The summed E-state index contributed by atoms with van der Waals surface area (Å²) in [4.78, 5) is 8.90. The summed E-state index contributed by atoms with van der Waals surface area (Å²) in [6.07, 6.45) is 3.32. The molecule has 24 heavy (non-hydrogen) atoms. The monoisotopic (exact) mass is 323 g/mol. The third-order valence-electron chi connectivity index (χ3n) is 4.00. The molecule has 0 N–H and O–H groups in total. The van der Waals surface area contributed by atoms with E-state index in [4.69, 9.17) is 14.0 Å². The van der Waals surface area contributed by atoms with E-state index in [9.17, 15) is 0 Å². The first-order valence-corrected chi connectivity index (χ1v) is 7.88. The van der Waals surface area contributed by atoms with Crippen LogP contribution in [0.4, 0.5) is 0 Å². The Morgan fingerprint density at radius 3 is 3.00 bits per heavy atom. The number of nitrogens with zero attached hydrogens (tertiary/aromatic N) is 3. The SMILES string of the molecule is COCCc1noc(-c2ccc(-c3cccc4c3OCC4)nc2)n1. The van der Waals surface area contributed by atoms with Crippen molar-refractivity contribution in [2.45, 2.75) is 12.8 Å². The quantitative estimate of drug-likeness (QED) is 0.719. The fraction of sp³-hybridized carbons (Fsp3) is 0.278. The first-order valence-electron chi connectivity index (χ1n) is 7.88. The van der Waals surface area contributed by atoms with Crippen LogP contribution in [0.5, 0.6) is 5.75 Å². The van der Waals surface area contributed by atoms with Gasteiger partial charge in [-0.15, -0.1) is 0 Å². The molecular formula is C18H17N3O3. The minimum Gasteiger partial charge on any atom is -0.492 e. The Morgan fingerprint density at radius 2 is 2.17 bits per heavy atom. The number of benzene rings is 1. The molecule has 0 atom stereocenters. The smallest absolute Gasteiger partial charge is 0.259 e. The van der Waals surface area contributed by atoms with Crippen LogP contribution in [-0.4, -0.2) is 35.4 Å². The van der Waals surface area contributed by atoms with E-state index in [0.29, 0.717) is 24.7 Å². The predicted octanol–water partition coefficient (Wildman–Crippen LogP) is 2.92. The summed E-state index contributed by atoms with van der Waals surface area (Å²) in [6, 6.07) is 10.1. The summed E-state index contributed by atoms with van der Waals surface area (Å²) in [5, 5.41) is 3.94. The van der Waals surface area contributed by atoms with Crippen molar-refractivity contribution in [1.29, 1.82) is 0 Å². The zero-order valence-corrected chi connectivity index (χ0v) is 13.4. The number of methoxy groups -OCH3 is 1.